The van der Waals surface area contributed by atoms with Gasteiger partial charge in [-0.2, -0.15) is 8.42 Å². The quantitative estimate of drug-likeness (QED) is 0.278. The van der Waals surface area contributed by atoms with Crippen molar-refractivity contribution in [2.45, 2.75) is 31.3 Å². The van der Waals surface area contributed by atoms with Gasteiger partial charge in [0.1, 0.15) is 17.6 Å². The first-order valence-electron chi connectivity index (χ1n) is 12.7. The highest BCUT2D eigenvalue weighted by molar-refractivity contribution is 7.86. The summed E-state index contributed by atoms with van der Waals surface area (Å²) in [6, 6.07) is 15.1. The summed E-state index contributed by atoms with van der Waals surface area (Å²) in [5, 5.41) is 0.896. The summed E-state index contributed by atoms with van der Waals surface area (Å²) in [7, 11) is -0.452. The molecule has 0 saturated carbocycles. The molecule has 0 N–H and O–H groups in total. The van der Waals surface area contributed by atoms with Gasteiger partial charge in [-0.25, -0.2) is 0 Å². The van der Waals surface area contributed by atoms with E-state index in [1.165, 1.54) is 0 Å². The first-order valence-corrected chi connectivity index (χ1v) is 14.5. The molecule has 2 aromatic carbocycles. The molecule has 6 atom stereocenters. The van der Waals surface area contributed by atoms with Crippen LogP contribution in [0.15, 0.2) is 67.4 Å². The lowest BCUT2D eigenvalue weighted by Gasteiger charge is -2.55. The minimum absolute atomic E-state index is 0.0203. The number of methoxy groups -OCH3 is 2. The number of hydrogen-bond donors (Lipinski definition) is 0. The fourth-order valence-corrected chi connectivity index (χ4v) is 6.57. The second kappa shape index (κ2) is 11.0. The third kappa shape index (κ3) is 5.42. The fraction of sp³-hybridized carbons (Fsp3) is 0.414. The van der Waals surface area contributed by atoms with E-state index in [1.54, 1.807) is 20.4 Å². The minimum Gasteiger partial charge on any atom is -0.497 e. The largest absolute Gasteiger partial charge is 0.497 e. The van der Waals surface area contributed by atoms with E-state index in [0.717, 1.165) is 53.5 Å². The first-order chi connectivity index (χ1) is 18.3. The molecule has 3 aromatic rings. The summed E-state index contributed by atoms with van der Waals surface area (Å²) >= 11 is 0. The molecule has 2 bridgehead atoms. The van der Waals surface area contributed by atoms with Crippen LogP contribution in [-0.4, -0.2) is 64.0 Å². The van der Waals surface area contributed by atoms with Gasteiger partial charge in [-0.05, 0) is 72.3 Å². The third-order valence-electron chi connectivity index (χ3n) is 7.70. The van der Waals surface area contributed by atoms with Gasteiger partial charge in [-0.1, -0.05) is 18.2 Å². The maximum atomic E-state index is 12.5. The molecule has 202 valence electrons. The summed E-state index contributed by atoms with van der Waals surface area (Å²) in [5.41, 5.74) is 2.70. The standard InChI is InChI=1S/C29H34N2O6S/c1-5-20-17-31-15-13-23(20)29(37-38(4,32)33)27(31)28(36-18-19-6-8-21(34-2)9-7-19)24-12-14-30-26-11-10-22(35-3)16-25(24)26/h5-12,14,16,20,23,27-29H,1,13,15,17-18H2,2-4H3/t20-,23+,27+,28+,29+/m0/s1. The number of rotatable bonds is 10. The summed E-state index contributed by atoms with van der Waals surface area (Å²) in [5.74, 6) is 1.64. The van der Waals surface area contributed by atoms with Crippen molar-refractivity contribution in [3.05, 3.63) is 78.5 Å². The van der Waals surface area contributed by atoms with Gasteiger partial charge in [-0.15, -0.1) is 6.58 Å². The van der Waals surface area contributed by atoms with Crippen molar-refractivity contribution in [3.8, 4) is 11.5 Å². The van der Waals surface area contributed by atoms with Gasteiger partial charge in [0, 0.05) is 18.1 Å². The van der Waals surface area contributed by atoms with Crippen LogP contribution in [0.25, 0.3) is 10.9 Å². The molecular weight excluding hydrogens is 504 g/mol. The van der Waals surface area contributed by atoms with Crippen molar-refractivity contribution in [3.63, 3.8) is 0 Å². The molecule has 0 amide bonds. The lowest BCUT2D eigenvalue weighted by molar-refractivity contribution is -0.138. The molecule has 3 aliphatic rings. The summed E-state index contributed by atoms with van der Waals surface area (Å²) in [4.78, 5) is 6.85. The van der Waals surface area contributed by atoms with E-state index in [-0.39, 0.29) is 17.9 Å². The van der Waals surface area contributed by atoms with Gasteiger partial charge in [-0.3, -0.25) is 14.1 Å². The molecule has 0 aliphatic carbocycles. The molecule has 9 heteroatoms. The van der Waals surface area contributed by atoms with E-state index in [0.29, 0.717) is 12.4 Å². The Hall–Kier alpha value is -2.98. The van der Waals surface area contributed by atoms with Crippen molar-refractivity contribution in [2.24, 2.45) is 11.8 Å². The van der Waals surface area contributed by atoms with Crippen LogP contribution in [0.3, 0.4) is 0 Å². The SMILES string of the molecule is C=C[C@H]1CN2CC[C@H]1[C@@H](OS(C)(=O)=O)[C@H]2[C@H](OCc1ccc(OC)cc1)c1ccnc2ccc(OC)cc12. The van der Waals surface area contributed by atoms with Gasteiger partial charge in [0.2, 0.25) is 0 Å². The number of hydrogen-bond acceptors (Lipinski definition) is 8. The number of pyridine rings is 1. The number of aromatic nitrogens is 1. The molecule has 1 unspecified atom stereocenters. The highest BCUT2D eigenvalue weighted by Gasteiger charge is 2.52. The van der Waals surface area contributed by atoms with Crippen molar-refractivity contribution in [1.29, 1.82) is 0 Å². The lowest BCUT2D eigenvalue weighted by Crippen LogP contribution is -2.64. The van der Waals surface area contributed by atoms with Gasteiger partial charge in [0.25, 0.3) is 10.1 Å². The van der Waals surface area contributed by atoms with E-state index >= 15 is 0 Å². The summed E-state index contributed by atoms with van der Waals surface area (Å²) in [6.45, 7) is 5.95. The lowest BCUT2D eigenvalue weighted by atomic mass is 9.71. The average Bonchev–Trinajstić information content (AvgIpc) is 2.93. The molecule has 8 nitrogen and oxygen atoms in total. The van der Waals surface area contributed by atoms with Crippen LogP contribution in [-0.2, 0) is 25.6 Å². The molecule has 1 aromatic heterocycles. The Balaban J connectivity index is 1.60. The van der Waals surface area contributed by atoms with Crippen LogP contribution in [0.5, 0.6) is 11.5 Å². The van der Waals surface area contributed by atoms with Gasteiger partial charge < -0.3 is 14.2 Å². The monoisotopic (exact) mass is 538 g/mol. The first kappa shape index (κ1) is 26.6. The van der Waals surface area contributed by atoms with Gasteiger partial charge in [0.15, 0.2) is 0 Å². The Morgan fingerprint density at radius 1 is 1.11 bits per heavy atom. The van der Waals surface area contributed by atoms with Crippen LogP contribution in [0.1, 0.15) is 23.7 Å². The van der Waals surface area contributed by atoms with E-state index in [1.807, 2.05) is 54.6 Å². The van der Waals surface area contributed by atoms with Crippen molar-refractivity contribution in [1.82, 2.24) is 9.88 Å². The fourth-order valence-electron chi connectivity index (χ4n) is 5.91. The Morgan fingerprint density at radius 2 is 1.84 bits per heavy atom. The molecule has 0 spiro atoms. The van der Waals surface area contributed by atoms with E-state index < -0.39 is 22.3 Å². The molecule has 38 heavy (non-hydrogen) atoms. The van der Waals surface area contributed by atoms with Crippen LogP contribution < -0.4 is 9.47 Å². The molecule has 3 aliphatic heterocycles. The molecule has 3 saturated heterocycles. The van der Waals surface area contributed by atoms with E-state index in [4.69, 9.17) is 18.4 Å². The second-order valence-corrected chi connectivity index (χ2v) is 11.6. The maximum Gasteiger partial charge on any atom is 0.264 e. The molecule has 3 fully saturated rings. The number of piperidine rings is 3. The second-order valence-electron chi connectivity index (χ2n) is 9.97. The third-order valence-corrected chi connectivity index (χ3v) is 8.27. The van der Waals surface area contributed by atoms with E-state index in [9.17, 15) is 8.42 Å². The summed E-state index contributed by atoms with van der Waals surface area (Å²) < 4.78 is 48.3. The maximum absolute atomic E-state index is 12.5. The van der Waals surface area contributed by atoms with Gasteiger partial charge >= 0.3 is 0 Å². The van der Waals surface area contributed by atoms with Gasteiger partial charge in [0.05, 0.1) is 44.7 Å². The van der Waals surface area contributed by atoms with E-state index in [2.05, 4.69) is 16.5 Å². The Morgan fingerprint density at radius 3 is 2.53 bits per heavy atom. The topological polar surface area (TPSA) is 87.2 Å². The highest BCUT2D eigenvalue weighted by Crippen LogP contribution is 2.46. The highest BCUT2D eigenvalue weighted by atomic mass is 32.2. The average molecular weight is 539 g/mol. The number of fused-ring (bicyclic) bond motifs is 4. The minimum atomic E-state index is -3.72. The van der Waals surface area contributed by atoms with Crippen LogP contribution >= 0.6 is 0 Å². The zero-order valence-corrected chi connectivity index (χ0v) is 22.8. The predicted molar refractivity (Wildman–Crippen MR) is 146 cm³/mol. The van der Waals surface area contributed by atoms with Crippen molar-refractivity contribution >= 4 is 21.0 Å². The normalized spacial score (nSPS) is 25.7. The molecular formula is C29H34N2O6S. The molecule has 0 radical (unpaired) electrons. The number of ether oxygens (including phenoxy) is 3. The van der Waals surface area contributed by atoms with Crippen LogP contribution in [0, 0.1) is 11.8 Å². The number of benzene rings is 2. The van der Waals surface area contributed by atoms with Crippen molar-refractivity contribution < 1.29 is 26.8 Å². The zero-order chi connectivity index (χ0) is 26.9. The Bertz CT molecular complexity index is 1390. The predicted octanol–water partition coefficient (Wildman–Crippen LogP) is 4.36. The summed E-state index contributed by atoms with van der Waals surface area (Å²) in [6.07, 6.45) is 4.57. The smallest absolute Gasteiger partial charge is 0.264 e. The molecule has 4 heterocycles. The van der Waals surface area contributed by atoms with Crippen LogP contribution in [0.2, 0.25) is 0 Å². The van der Waals surface area contributed by atoms with Crippen molar-refractivity contribution in [2.75, 3.05) is 33.6 Å². The zero-order valence-electron chi connectivity index (χ0n) is 21.9. The number of nitrogens with zero attached hydrogens (tertiary/aromatic N) is 2. The Labute approximate surface area is 224 Å². The Kier molecular flexibility index (Phi) is 7.72. The molecule has 6 rings (SSSR count). The van der Waals surface area contributed by atoms with Crippen LogP contribution in [0.4, 0.5) is 0 Å².